The zero-order chi connectivity index (χ0) is 15.1. The second kappa shape index (κ2) is 7.83. The maximum absolute atomic E-state index is 10.9. The summed E-state index contributed by atoms with van der Waals surface area (Å²) in [6.45, 7) is 3.91. The average Bonchev–Trinajstić information content (AvgIpc) is 2.48. The van der Waals surface area contributed by atoms with Gasteiger partial charge in [0.05, 0.1) is 23.7 Å². The van der Waals surface area contributed by atoms with Crippen molar-refractivity contribution in [2.45, 2.75) is 38.7 Å². The van der Waals surface area contributed by atoms with Crippen molar-refractivity contribution in [1.29, 1.82) is 0 Å². The lowest BCUT2D eigenvalue weighted by Crippen LogP contribution is -2.22. The number of nitro groups is 1. The van der Waals surface area contributed by atoms with Crippen LogP contribution in [0.15, 0.2) is 18.2 Å². The van der Waals surface area contributed by atoms with Gasteiger partial charge in [0.2, 0.25) is 0 Å². The van der Waals surface area contributed by atoms with Crippen LogP contribution in [0, 0.1) is 10.1 Å². The second-order valence-electron chi connectivity index (χ2n) is 5.11. The van der Waals surface area contributed by atoms with E-state index in [-0.39, 0.29) is 5.69 Å². The Hall–Kier alpha value is -1.82. The van der Waals surface area contributed by atoms with E-state index in [1.165, 1.54) is 18.6 Å². The Labute approximate surface area is 124 Å². The van der Waals surface area contributed by atoms with E-state index in [9.17, 15) is 10.1 Å². The summed E-state index contributed by atoms with van der Waals surface area (Å²) in [6, 6.07) is 4.77. The van der Waals surface area contributed by atoms with Crippen molar-refractivity contribution >= 4 is 11.4 Å². The molecule has 2 rings (SSSR count). The van der Waals surface area contributed by atoms with Crippen LogP contribution in [0.1, 0.15) is 32.6 Å². The summed E-state index contributed by atoms with van der Waals surface area (Å²) < 4.78 is 11.0. The van der Waals surface area contributed by atoms with Gasteiger partial charge in [0.25, 0.3) is 5.69 Å². The SMILES string of the molecule is CCOc1cc(NCCC2CCCCO2)cc([N+](=O)[O-])c1. The van der Waals surface area contributed by atoms with Crippen molar-refractivity contribution < 1.29 is 14.4 Å². The molecule has 1 aliphatic rings. The molecule has 1 N–H and O–H groups in total. The number of anilines is 1. The van der Waals surface area contributed by atoms with Crippen LogP contribution in [0.5, 0.6) is 5.75 Å². The molecule has 1 saturated heterocycles. The fraction of sp³-hybridized carbons (Fsp3) is 0.600. The molecule has 0 aromatic heterocycles. The van der Waals surface area contributed by atoms with E-state index >= 15 is 0 Å². The van der Waals surface area contributed by atoms with E-state index in [1.807, 2.05) is 6.92 Å². The highest BCUT2D eigenvalue weighted by Crippen LogP contribution is 2.26. The normalized spacial score (nSPS) is 18.2. The van der Waals surface area contributed by atoms with Crippen LogP contribution in [0.25, 0.3) is 0 Å². The first-order chi connectivity index (χ1) is 10.2. The lowest BCUT2D eigenvalue weighted by molar-refractivity contribution is -0.384. The minimum Gasteiger partial charge on any atom is -0.494 e. The molecule has 0 saturated carbocycles. The Morgan fingerprint density at radius 2 is 2.29 bits per heavy atom. The number of non-ortho nitro benzene ring substituents is 1. The first-order valence-electron chi connectivity index (χ1n) is 7.47. The molecule has 0 spiro atoms. The van der Waals surface area contributed by atoms with Crippen LogP contribution in [0.2, 0.25) is 0 Å². The van der Waals surface area contributed by atoms with Crippen molar-refractivity contribution in [2.24, 2.45) is 0 Å². The van der Waals surface area contributed by atoms with Gasteiger partial charge in [-0.15, -0.1) is 0 Å². The molecule has 0 amide bonds. The molecule has 1 aromatic rings. The Morgan fingerprint density at radius 1 is 1.43 bits per heavy atom. The Morgan fingerprint density at radius 3 is 2.95 bits per heavy atom. The fourth-order valence-electron chi connectivity index (χ4n) is 2.45. The van der Waals surface area contributed by atoms with Crippen LogP contribution in [-0.4, -0.2) is 30.8 Å². The van der Waals surface area contributed by atoms with Gasteiger partial charge in [0.15, 0.2) is 0 Å². The van der Waals surface area contributed by atoms with Crippen molar-refractivity contribution in [3.8, 4) is 5.75 Å². The second-order valence-corrected chi connectivity index (χ2v) is 5.11. The highest BCUT2D eigenvalue weighted by molar-refractivity contribution is 5.56. The molecule has 0 radical (unpaired) electrons. The van der Waals surface area contributed by atoms with E-state index in [0.717, 1.165) is 32.4 Å². The number of nitrogens with zero attached hydrogens (tertiary/aromatic N) is 1. The minimum absolute atomic E-state index is 0.0392. The van der Waals surface area contributed by atoms with E-state index in [1.54, 1.807) is 6.07 Å². The van der Waals surface area contributed by atoms with Gasteiger partial charge in [-0.2, -0.15) is 0 Å². The number of rotatable bonds is 7. The van der Waals surface area contributed by atoms with E-state index < -0.39 is 4.92 Å². The quantitative estimate of drug-likeness (QED) is 0.616. The third-order valence-corrected chi connectivity index (χ3v) is 3.48. The van der Waals surface area contributed by atoms with Crippen LogP contribution in [-0.2, 0) is 4.74 Å². The van der Waals surface area contributed by atoms with E-state index in [2.05, 4.69) is 5.32 Å². The molecule has 116 valence electrons. The van der Waals surface area contributed by atoms with E-state index in [0.29, 0.717) is 24.1 Å². The Balaban J connectivity index is 1.92. The Bertz CT molecular complexity index is 473. The molecule has 0 bridgehead atoms. The molecule has 1 aliphatic heterocycles. The molecule has 6 heteroatoms. The Kier molecular flexibility index (Phi) is 5.80. The lowest BCUT2D eigenvalue weighted by atomic mass is 10.1. The molecule has 1 atom stereocenters. The maximum atomic E-state index is 10.9. The number of benzene rings is 1. The first kappa shape index (κ1) is 15.6. The van der Waals surface area contributed by atoms with Gasteiger partial charge < -0.3 is 14.8 Å². The summed E-state index contributed by atoms with van der Waals surface area (Å²) in [5.74, 6) is 0.517. The van der Waals surface area contributed by atoms with Gasteiger partial charge in [-0.05, 0) is 32.6 Å². The van der Waals surface area contributed by atoms with Crippen LogP contribution >= 0.6 is 0 Å². The fourth-order valence-corrected chi connectivity index (χ4v) is 2.45. The summed E-state index contributed by atoms with van der Waals surface area (Å²) in [6.07, 6.45) is 4.67. The predicted octanol–water partition coefficient (Wildman–Crippen LogP) is 3.36. The third kappa shape index (κ3) is 4.90. The highest BCUT2D eigenvalue weighted by Gasteiger charge is 2.14. The predicted molar refractivity (Wildman–Crippen MR) is 81.0 cm³/mol. The average molecular weight is 294 g/mol. The number of nitrogens with one attached hydrogen (secondary N) is 1. The minimum atomic E-state index is -0.405. The van der Waals surface area contributed by atoms with Crippen LogP contribution in [0.4, 0.5) is 11.4 Å². The molecule has 21 heavy (non-hydrogen) atoms. The first-order valence-corrected chi connectivity index (χ1v) is 7.47. The molecule has 1 heterocycles. The lowest BCUT2D eigenvalue weighted by Gasteiger charge is -2.22. The zero-order valence-corrected chi connectivity index (χ0v) is 12.3. The van der Waals surface area contributed by atoms with Crippen LogP contribution < -0.4 is 10.1 Å². The van der Waals surface area contributed by atoms with Crippen LogP contribution in [0.3, 0.4) is 0 Å². The highest BCUT2D eigenvalue weighted by atomic mass is 16.6. The molecule has 6 nitrogen and oxygen atoms in total. The number of hydrogen-bond acceptors (Lipinski definition) is 5. The molecule has 0 aliphatic carbocycles. The summed E-state index contributed by atoms with van der Waals surface area (Å²) in [7, 11) is 0. The summed E-state index contributed by atoms with van der Waals surface area (Å²) in [5, 5.41) is 14.2. The monoisotopic (exact) mass is 294 g/mol. The maximum Gasteiger partial charge on any atom is 0.275 e. The van der Waals surface area contributed by atoms with Gasteiger partial charge in [-0.3, -0.25) is 10.1 Å². The third-order valence-electron chi connectivity index (χ3n) is 3.48. The van der Waals surface area contributed by atoms with Crippen molar-refractivity contribution in [3.63, 3.8) is 0 Å². The largest absolute Gasteiger partial charge is 0.494 e. The standard InChI is InChI=1S/C15H22N2O4/c1-2-20-15-10-12(9-13(11-15)17(18)19)16-7-6-14-5-3-4-8-21-14/h9-11,14,16H,2-8H2,1H3. The molecular formula is C15H22N2O4. The smallest absolute Gasteiger partial charge is 0.275 e. The number of hydrogen-bond donors (Lipinski definition) is 1. The number of ether oxygens (including phenoxy) is 2. The molecule has 1 fully saturated rings. The van der Waals surface area contributed by atoms with Gasteiger partial charge in [-0.25, -0.2) is 0 Å². The number of nitro benzene ring substituents is 1. The van der Waals surface area contributed by atoms with Gasteiger partial charge in [0.1, 0.15) is 5.75 Å². The zero-order valence-electron chi connectivity index (χ0n) is 12.3. The van der Waals surface area contributed by atoms with Crippen molar-refractivity contribution in [1.82, 2.24) is 0 Å². The van der Waals surface area contributed by atoms with E-state index in [4.69, 9.17) is 9.47 Å². The van der Waals surface area contributed by atoms with Gasteiger partial charge >= 0.3 is 0 Å². The van der Waals surface area contributed by atoms with Crippen molar-refractivity contribution in [3.05, 3.63) is 28.3 Å². The summed E-state index contributed by atoms with van der Waals surface area (Å²) in [5.41, 5.74) is 0.751. The molecule has 1 unspecified atom stereocenters. The summed E-state index contributed by atoms with van der Waals surface area (Å²) in [4.78, 5) is 10.5. The molecular weight excluding hydrogens is 272 g/mol. The molecule has 1 aromatic carbocycles. The van der Waals surface area contributed by atoms with Gasteiger partial charge in [-0.1, -0.05) is 0 Å². The van der Waals surface area contributed by atoms with Gasteiger partial charge in [0, 0.05) is 31.0 Å². The summed E-state index contributed by atoms with van der Waals surface area (Å²) >= 11 is 0. The van der Waals surface area contributed by atoms with Crippen molar-refractivity contribution in [2.75, 3.05) is 25.1 Å². The topological polar surface area (TPSA) is 73.6 Å².